The molecule has 1 heterocycles. The summed E-state index contributed by atoms with van der Waals surface area (Å²) >= 11 is 0. The lowest BCUT2D eigenvalue weighted by molar-refractivity contribution is -0.127. The van der Waals surface area contributed by atoms with Gasteiger partial charge in [-0.05, 0) is 44.8 Å². The monoisotopic (exact) mass is 395 g/mol. The van der Waals surface area contributed by atoms with Crippen LogP contribution in [0.15, 0.2) is 48.5 Å². The minimum absolute atomic E-state index is 0.0145. The highest BCUT2D eigenvalue weighted by Crippen LogP contribution is 2.36. The highest BCUT2D eigenvalue weighted by atomic mass is 16.7. The van der Waals surface area contributed by atoms with Crippen molar-refractivity contribution in [2.75, 3.05) is 14.1 Å². The van der Waals surface area contributed by atoms with Crippen LogP contribution in [0.4, 0.5) is 0 Å². The number of amides is 1. The zero-order chi connectivity index (χ0) is 21.2. The summed E-state index contributed by atoms with van der Waals surface area (Å²) in [5.74, 6) is 0.713. The van der Waals surface area contributed by atoms with E-state index >= 15 is 0 Å². The zero-order valence-corrected chi connectivity index (χ0v) is 18.2. The highest BCUT2D eigenvalue weighted by Gasteiger charge is 2.51. The minimum Gasteiger partial charge on any atom is -0.489 e. The summed E-state index contributed by atoms with van der Waals surface area (Å²) in [6.45, 7) is 8.56. The Morgan fingerprint density at radius 3 is 2.21 bits per heavy atom. The number of carbonyl (C=O) groups excluding carboxylic acids is 1. The van der Waals surface area contributed by atoms with Crippen LogP contribution in [0, 0.1) is 0 Å². The van der Waals surface area contributed by atoms with Gasteiger partial charge in [0.25, 0.3) is 0 Å². The number of hydrogen-bond acceptors (Lipinski definition) is 4. The van der Waals surface area contributed by atoms with E-state index in [9.17, 15) is 4.79 Å². The number of likely N-dealkylation sites (N-methyl/N-ethyl adjacent to an activating group) is 1. The van der Waals surface area contributed by atoms with E-state index in [0.717, 1.165) is 16.6 Å². The third-order valence-corrected chi connectivity index (χ3v) is 5.69. The summed E-state index contributed by atoms with van der Waals surface area (Å²) < 4.78 is 18.4. The van der Waals surface area contributed by atoms with E-state index in [-0.39, 0.29) is 12.3 Å². The van der Waals surface area contributed by atoms with Gasteiger partial charge in [-0.25, -0.2) is 0 Å². The molecule has 29 heavy (non-hydrogen) atoms. The average molecular weight is 395 g/mol. The Morgan fingerprint density at radius 1 is 1.00 bits per heavy atom. The Labute approximate surface area is 174 Å². The number of benzene rings is 2. The van der Waals surface area contributed by atoms with Gasteiger partial charge >= 0.3 is 7.12 Å². The first-order valence-corrected chi connectivity index (χ1v) is 9.94. The molecule has 0 unspecified atom stereocenters. The molecule has 0 aromatic heterocycles. The first-order valence-electron chi connectivity index (χ1n) is 9.94. The molecule has 0 N–H and O–H groups in total. The van der Waals surface area contributed by atoms with Crippen molar-refractivity contribution in [3.8, 4) is 5.75 Å². The molecule has 6 heteroatoms. The number of nitrogens with zero attached hydrogens (tertiary/aromatic N) is 1. The summed E-state index contributed by atoms with van der Waals surface area (Å²) in [5, 5.41) is 0. The fourth-order valence-electron chi connectivity index (χ4n) is 3.06. The lowest BCUT2D eigenvalue weighted by atomic mass is 9.78. The third kappa shape index (κ3) is 4.82. The van der Waals surface area contributed by atoms with Crippen molar-refractivity contribution < 1.29 is 18.8 Å². The van der Waals surface area contributed by atoms with Gasteiger partial charge in [-0.1, -0.05) is 42.5 Å². The van der Waals surface area contributed by atoms with Crippen LogP contribution in [0.5, 0.6) is 5.75 Å². The molecule has 0 spiro atoms. The van der Waals surface area contributed by atoms with E-state index in [1.165, 1.54) is 0 Å². The Balaban J connectivity index is 1.86. The average Bonchev–Trinajstić information content (AvgIpc) is 2.88. The number of ether oxygens (including phenoxy) is 1. The van der Waals surface area contributed by atoms with E-state index in [1.54, 1.807) is 19.0 Å². The van der Waals surface area contributed by atoms with Crippen LogP contribution >= 0.6 is 0 Å². The maximum Gasteiger partial charge on any atom is 0.494 e. The molecule has 2 aromatic rings. The van der Waals surface area contributed by atoms with Gasteiger partial charge < -0.3 is 18.9 Å². The van der Waals surface area contributed by atoms with Crippen molar-refractivity contribution >= 4 is 18.5 Å². The molecule has 1 aliphatic rings. The molecule has 154 valence electrons. The van der Waals surface area contributed by atoms with Gasteiger partial charge in [-0.15, -0.1) is 0 Å². The van der Waals surface area contributed by atoms with Crippen LogP contribution in [0.2, 0.25) is 0 Å². The topological polar surface area (TPSA) is 48.0 Å². The maximum atomic E-state index is 12.4. The fraction of sp³-hybridized carbons (Fsp3) is 0.435. The molecule has 0 saturated carbocycles. The zero-order valence-electron chi connectivity index (χ0n) is 18.2. The number of hydrogen-bond donors (Lipinski definition) is 0. The SMILES string of the molecule is CN(C)C(=O)Cc1cc(B2OC(C)(C)C(C)(C)O2)ccc1OCc1ccccc1. The van der Waals surface area contributed by atoms with Crippen LogP contribution in [0.1, 0.15) is 38.8 Å². The van der Waals surface area contributed by atoms with Crippen molar-refractivity contribution in [2.24, 2.45) is 0 Å². The molecular formula is C23H30BNO4. The molecular weight excluding hydrogens is 365 g/mol. The highest BCUT2D eigenvalue weighted by molar-refractivity contribution is 6.62. The van der Waals surface area contributed by atoms with Gasteiger partial charge in [-0.2, -0.15) is 0 Å². The van der Waals surface area contributed by atoms with Crippen molar-refractivity contribution in [1.29, 1.82) is 0 Å². The molecule has 2 aromatic carbocycles. The largest absolute Gasteiger partial charge is 0.494 e. The quantitative estimate of drug-likeness (QED) is 0.705. The standard InChI is InChI=1S/C23H30BNO4/c1-22(2)23(3,4)29-24(28-22)19-12-13-20(18(14-19)15-21(26)25(5)6)27-16-17-10-8-7-9-11-17/h7-14H,15-16H2,1-6H3. The van der Waals surface area contributed by atoms with Crippen molar-refractivity contribution in [2.45, 2.75) is 51.9 Å². The normalized spacial score (nSPS) is 17.2. The Morgan fingerprint density at radius 2 is 1.62 bits per heavy atom. The predicted molar refractivity (Wildman–Crippen MR) is 115 cm³/mol. The van der Waals surface area contributed by atoms with Gasteiger partial charge in [0.05, 0.1) is 17.6 Å². The van der Waals surface area contributed by atoms with Crippen LogP contribution < -0.4 is 10.2 Å². The molecule has 0 atom stereocenters. The molecule has 0 aliphatic carbocycles. The molecule has 1 saturated heterocycles. The third-order valence-electron chi connectivity index (χ3n) is 5.69. The lowest BCUT2D eigenvalue weighted by Gasteiger charge is -2.32. The van der Waals surface area contributed by atoms with Crippen LogP contribution in [-0.2, 0) is 27.1 Å². The molecule has 3 rings (SSSR count). The first-order chi connectivity index (χ1) is 13.6. The number of rotatable bonds is 6. The van der Waals surface area contributed by atoms with Gasteiger partial charge in [0.2, 0.25) is 5.91 Å². The van der Waals surface area contributed by atoms with E-state index in [1.807, 2.05) is 76.2 Å². The van der Waals surface area contributed by atoms with E-state index in [4.69, 9.17) is 14.0 Å². The first kappa shape index (κ1) is 21.4. The van der Waals surface area contributed by atoms with Crippen molar-refractivity contribution in [3.63, 3.8) is 0 Å². The van der Waals surface area contributed by atoms with Crippen LogP contribution in [0.3, 0.4) is 0 Å². The molecule has 1 amide bonds. The maximum absolute atomic E-state index is 12.4. The van der Waals surface area contributed by atoms with Gasteiger partial charge in [0.1, 0.15) is 12.4 Å². The van der Waals surface area contributed by atoms with Gasteiger partial charge in [0, 0.05) is 19.7 Å². The molecule has 0 bridgehead atoms. The summed E-state index contributed by atoms with van der Waals surface area (Å²) in [5.41, 5.74) is 1.95. The summed E-state index contributed by atoms with van der Waals surface area (Å²) in [6, 6.07) is 15.8. The second kappa shape index (κ2) is 8.21. The molecule has 1 aliphatic heterocycles. The van der Waals surface area contributed by atoms with Crippen molar-refractivity contribution in [3.05, 3.63) is 59.7 Å². The summed E-state index contributed by atoms with van der Waals surface area (Å²) in [4.78, 5) is 14.0. The second-order valence-corrected chi connectivity index (χ2v) is 8.69. The smallest absolute Gasteiger partial charge is 0.489 e. The molecule has 0 radical (unpaired) electrons. The van der Waals surface area contributed by atoms with Crippen molar-refractivity contribution in [1.82, 2.24) is 4.90 Å². The Hall–Kier alpha value is -2.31. The molecule has 1 fully saturated rings. The molecule has 5 nitrogen and oxygen atoms in total. The summed E-state index contributed by atoms with van der Waals surface area (Å²) in [7, 11) is 3.03. The summed E-state index contributed by atoms with van der Waals surface area (Å²) in [6.07, 6.45) is 0.254. The Bertz CT molecular complexity index is 848. The van der Waals surface area contributed by atoms with Crippen LogP contribution in [-0.4, -0.2) is 43.2 Å². The van der Waals surface area contributed by atoms with E-state index < -0.39 is 18.3 Å². The Kier molecular flexibility index (Phi) is 6.06. The fourth-order valence-corrected chi connectivity index (χ4v) is 3.06. The van der Waals surface area contributed by atoms with Gasteiger partial charge in [0.15, 0.2) is 0 Å². The van der Waals surface area contributed by atoms with E-state index in [0.29, 0.717) is 12.4 Å². The van der Waals surface area contributed by atoms with E-state index in [2.05, 4.69) is 0 Å². The lowest BCUT2D eigenvalue weighted by Crippen LogP contribution is -2.41. The van der Waals surface area contributed by atoms with Gasteiger partial charge in [-0.3, -0.25) is 4.79 Å². The number of carbonyl (C=O) groups is 1. The second-order valence-electron chi connectivity index (χ2n) is 8.69. The van der Waals surface area contributed by atoms with Crippen LogP contribution in [0.25, 0.3) is 0 Å². The predicted octanol–water partition coefficient (Wildman–Crippen LogP) is 3.20. The minimum atomic E-state index is -0.476.